The molecule has 0 heterocycles. The first-order valence-corrected chi connectivity index (χ1v) is 3.73. The fraction of sp³-hybridized carbons (Fsp3) is 0.750. The largest absolute Gasteiger partial charge is 0.467 e. The Morgan fingerprint density at radius 3 is 2.73 bits per heavy atom. The lowest BCUT2D eigenvalue weighted by atomic mass is 9.62. The zero-order valence-electron chi connectivity index (χ0n) is 6.58. The molecular weight excluding hydrogens is 144 g/mol. The van der Waals surface area contributed by atoms with Crippen molar-refractivity contribution in [1.29, 1.82) is 0 Å². The van der Waals surface area contributed by atoms with Crippen LogP contribution in [0.3, 0.4) is 0 Å². The van der Waals surface area contributed by atoms with Crippen LogP contribution in [0.15, 0.2) is 0 Å². The van der Waals surface area contributed by atoms with E-state index in [-0.39, 0.29) is 11.3 Å². The molecule has 1 fully saturated rings. The summed E-state index contributed by atoms with van der Waals surface area (Å²) in [5.74, 6) is 0.0856. The van der Waals surface area contributed by atoms with Crippen LogP contribution in [0.2, 0.25) is 0 Å². The van der Waals surface area contributed by atoms with E-state index in [9.17, 15) is 9.59 Å². The van der Waals surface area contributed by atoms with Crippen LogP contribution in [-0.2, 0) is 14.3 Å². The van der Waals surface area contributed by atoms with Gasteiger partial charge in [-0.2, -0.15) is 0 Å². The normalized spacial score (nSPS) is 35.5. The van der Waals surface area contributed by atoms with E-state index in [2.05, 4.69) is 4.74 Å². The number of hydrogen-bond acceptors (Lipinski definition) is 3. The van der Waals surface area contributed by atoms with Crippen molar-refractivity contribution in [2.24, 2.45) is 11.3 Å². The third-order valence-electron chi connectivity index (χ3n) is 2.57. The Morgan fingerprint density at radius 1 is 1.64 bits per heavy atom. The highest BCUT2D eigenvalue weighted by atomic mass is 16.5. The summed E-state index contributed by atoms with van der Waals surface area (Å²) < 4.78 is 4.63. The predicted octanol–water partition coefficient (Wildman–Crippen LogP) is 0.775. The van der Waals surface area contributed by atoms with Gasteiger partial charge in [0.2, 0.25) is 0 Å². The lowest BCUT2D eigenvalue weighted by Crippen LogP contribution is -2.42. The lowest BCUT2D eigenvalue weighted by molar-refractivity contribution is -0.140. The second-order valence-electron chi connectivity index (χ2n) is 3.34. The molecule has 0 radical (unpaired) electrons. The van der Waals surface area contributed by atoms with Crippen LogP contribution in [0.4, 0.5) is 0 Å². The van der Waals surface area contributed by atoms with E-state index in [0.717, 1.165) is 19.1 Å². The average molecular weight is 156 g/mol. The number of carbonyl (C=O) groups excluding carboxylic acids is 2. The van der Waals surface area contributed by atoms with Crippen molar-refractivity contribution < 1.29 is 14.3 Å². The van der Waals surface area contributed by atoms with E-state index in [0.29, 0.717) is 13.1 Å². The highest BCUT2D eigenvalue weighted by Gasteiger charge is 2.43. The Morgan fingerprint density at radius 2 is 2.36 bits per heavy atom. The van der Waals surface area contributed by atoms with Crippen molar-refractivity contribution in [2.45, 2.75) is 19.8 Å². The van der Waals surface area contributed by atoms with Gasteiger partial charge in [-0.15, -0.1) is 0 Å². The molecule has 0 aromatic carbocycles. The van der Waals surface area contributed by atoms with Crippen molar-refractivity contribution in [3.8, 4) is 0 Å². The van der Waals surface area contributed by atoms with Gasteiger partial charge in [0.1, 0.15) is 6.29 Å². The summed E-state index contributed by atoms with van der Waals surface area (Å²) in [6, 6.07) is 0. The van der Waals surface area contributed by atoms with Gasteiger partial charge >= 0.3 is 0 Å². The van der Waals surface area contributed by atoms with Crippen LogP contribution in [0, 0.1) is 11.3 Å². The zero-order valence-corrected chi connectivity index (χ0v) is 6.58. The molecule has 62 valence electrons. The van der Waals surface area contributed by atoms with Crippen LogP contribution >= 0.6 is 0 Å². The second kappa shape index (κ2) is 3.03. The number of rotatable bonds is 4. The van der Waals surface area contributed by atoms with E-state index in [1.54, 1.807) is 0 Å². The van der Waals surface area contributed by atoms with Crippen molar-refractivity contribution >= 4 is 12.8 Å². The van der Waals surface area contributed by atoms with Crippen LogP contribution in [0.25, 0.3) is 0 Å². The maximum absolute atomic E-state index is 10.4. The molecule has 0 saturated heterocycles. The molecule has 0 bridgehead atoms. The zero-order chi connectivity index (χ0) is 8.32. The molecule has 0 aromatic rings. The van der Waals surface area contributed by atoms with E-state index < -0.39 is 0 Å². The molecule has 0 aromatic heterocycles. The van der Waals surface area contributed by atoms with Gasteiger partial charge in [0.05, 0.1) is 6.61 Å². The molecule has 0 aliphatic heterocycles. The van der Waals surface area contributed by atoms with Crippen LogP contribution in [-0.4, -0.2) is 19.4 Å². The minimum absolute atomic E-state index is 0.0807. The molecule has 11 heavy (non-hydrogen) atoms. The lowest BCUT2D eigenvalue weighted by Gasteiger charge is -2.43. The maximum Gasteiger partial charge on any atom is 0.293 e. The molecule has 0 N–H and O–H groups in total. The molecule has 1 aliphatic carbocycles. The Bertz CT molecular complexity index is 167. The summed E-state index contributed by atoms with van der Waals surface area (Å²) in [6.07, 6.45) is 2.87. The van der Waals surface area contributed by atoms with Gasteiger partial charge in [-0.05, 0) is 12.8 Å². The van der Waals surface area contributed by atoms with Crippen LogP contribution in [0.5, 0.6) is 0 Å². The molecule has 1 rings (SSSR count). The number of hydrogen-bond donors (Lipinski definition) is 0. The first-order chi connectivity index (χ1) is 5.23. The van der Waals surface area contributed by atoms with Crippen molar-refractivity contribution in [3.05, 3.63) is 0 Å². The third-order valence-corrected chi connectivity index (χ3v) is 2.57. The van der Waals surface area contributed by atoms with Gasteiger partial charge in [-0.1, -0.05) is 6.92 Å². The first kappa shape index (κ1) is 8.24. The van der Waals surface area contributed by atoms with Gasteiger partial charge < -0.3 is 9.53 Å². The fourth-order valence-electron chi connectivity index (χ4n) is 1.44. The number of aldehydes is 1. The topological polar surface area (TPSA) is 43.4 Å². The third kappa shape index (κ3) is 1.42. The van der Waals surface area contributed by atoms with Crippen LogP contribution in [0.1, 0.15) is 19.8 Å². The quantitative estimate of drug-likeness (QED) is 0.565. The molecule has 2 atom stereocenters. The Labute approximate surface area is 65.7 Å². The Hall–Kier alpha value is -0.860. The molecule has 3 heteroatoms. The number of carbonyl (C=O) groups is 2. The SMILES string of the molecule is C[C@]1(COC=O)CC[C@@H]1C=O. The minimum Gasteiger partial charge on any atom is -0.467 e. The highest BCUT2D eigenvalue weighted by Crippen LogP contribution is 2.45. The van der Waals surface area contributed by atoms with Gasteiger partial charge in [0.15, 0.2) is 0 Å². The van der Waals surface area contributed by atoms with Crippen molar-refractivity contribution in [3.63, 3.8) is 0 Å². The summed E-state index contributed by atoms with van der Waals surface area (Å²) >= 11 is 0. The Balaban J connectivity index is 2.40. The molecule has 0 spiro atoms. The molecular formula is C8H12O3. The molecule has 0 amide bonds. The smallest absolute Gasteiger partial charge is 0.293 e. The summed E-state index contributed by atoms with van der Waals surface area (Å²) in [5, 5.41) is 0. The number of ether oxygens (including phenoxy) is 1. The van der Waals surface area contributed by atoms with Crippen molar-refractivity contribution in [1.82, 2.24) is 0 Å². The van der Waals surface area contributed by atoms with Gasteiger partial charge in [-0.3, -0.25) is 4.79 Å². The van der Waals surface area contributed by atoms with E-state index in [1.807, 2.05) is 6.92 Å². The second-order valence-corrected chi connectivity index (χ2v) is 3.34. The van der Waals surface area contributed by atoms with Crippen LogP contribution < -0.4 is 0 Å². The van der Waals surface area contributed by atoms with E-state index in [1.165, 1.54) is 0 Å². The van der Waals surface area contributed by atoms with E-state index >= 15 is 0 Å². The standard InChI is InChI=1S/C8H12O3/c1-8(5-11-6-10)3-2-7(8)4-9/h4,6-7H,2-3,5H2,1H3/t7-,8-/m1/s1. The average Bonchev–Trinajstić information content (AvgIpc) is 1.99. The summed E-state index contributed by atoms with van der Waals surface area (Å²) in [7, 11) is 0. The van der Waals surface area contributed by atoms with Gasteiger partial charge in [0, 0.05) is 11.3 Å². The summed E-state index contributed by atoms with van der Waals surface area (Å²) in [6.45, 7) is 2.78. The van der Waals surface area contributed by atoms with Gasteiger partial charge in [0.25, 0.3) is 6.47 Å². The minimum atomic E-state index is -0.0807. The maximum atomic E-state index is 10.4. The molecule has 3 nitrogen and oxygen atoms in total. The fourth-order valence-corrected chi connectivity index (χ4v) is 1.44. The highest BCUT2D eigenvalue weighted by molar-refractivity contribution is 5.57. The molecule has 0 unspecified atom stereocenters. The predicted molar refractivity (Wildman–Crippen MR) is 38.9 cm³/mol. The van der Waals surface area contributed by atoms with E-state index in [4.69, 9.17) is 0 Å². The molecule has 1 saturated carbocycles. The summed E-state index contributed by atoms with van der Waals surface area (Å²) in [5.41, 5.74) is -0.0807. The van der Waals surface area contributed by atoms with Gasteiger partial charge in [-0.25, -0.2) is 0 Å². The molecule has 1 aliphatic rings. The summed E-state index contributed by atoms with van der Waals surface area (Å²) in [4.78, 5) is 20.3. The monoisotopic (exact) mass is 156 g/mol. The Kier molecular flexibility index (Phi) is 2.27. The first-order valence-electron chi connectivity index (χ1n) is 3.73. The van der Waals surface area contributed by atoms with Crippen molar-refractivity contribution in [2.75, 3.05) is 6.61 Å².